The van der Waals surface area contributed by atoms with Crippen LogP contribution in [0.1, 0.15) is 56.9 Å². The first-order valence-electron chi connectivity index (χ1n) is 12.2. The van der Waals surface area contributed by atoms with E-state index in [2.05, 4.69) is 13.2 Å². The van der Waals surface area contributed by atoms with Gasteiger partial charge in [0.15, 0.2) is 23.2 Å². The molecule has 2 aromatic carbocycles. The van der Waals surface area contributed by atoms with E-state index in [1.165, 1.54) is 24.3 Å². The third-order valence-corrected chi connectivity index (χ3v) is 6.53. The highest BCUT2D eigenvalue weighted by molar-refractivity contribution is 5.65. The smallest absolute Gasteiger partial charge is 0.203 e. The molecule has 1 aliphatic rings. The Labute approximate surface area is 209 Å². The number of ether oxygens (including phenoxy) is 2. The van der Waals surface area contributed by atoms with Gasteiger partial charge < -0.3 is 14.6 Å². The largest absolute Gasteiger partial charge is 0.508 e. The molecule has 1 fully saturated rings. The number of rotatable bonds is 11. The van der Waals surface area contributed by atoms with Crippen molar-refractivity contribution >= 4 is 0 Å². The molecule has 1 N–H and O–H groups in total. The molecule has 7 heteroatoms. The summed E-state index contributed by atoms with van der Waals surface area (Å²) < 4.78 is 68.7. The van der Waals surface area contributed by atoms with E-state index in [0.717, 1.165) is 6.42 Å². The summed E-state index contributed by atoms with van der Waals surface area (Å²) in [6.07, 6.45) is 4.12. The summed E-state index contributed by atoms with van der Waals surface area (Å²) in [5.74, 6) is -5.10. The Morgan fingerprint density at radius 1 is 0.889 bits per heavy atom. The van der Waals surface area contributed by atoms with Gasteiger partial charge in [0.25, 0.3) is 0 Å². The quantitative estimate of drug-likeness (QED) is 0.144. The number of hydrogen-bond acceptors (Lipinski definition) is 3. The van der Waals surface area contributed by atoms with Crippen LogP contribution in [0.25, 0.3) is 11.1 Å². The Morgan fingerprint density at radius 3 is 2.11 bits per heavy atom. The summed E-state index contributed by atoms with van der Waals surface area (Å²) in [7, 11) is 0. The monoisotopic (exact) mass is 504 g/mol. The highest BCUT2D eigenvalue weighted by Gasteiger charge is 2.27. The number of aromatic hydroxyl groups is 1. The van der Waals surface area contributed by atoms with Crippen LogP contribution >= 0.6 is 0 Å². The van der Waals surface area contributed by atoms with Crippen LogP contribution < -0.4 is 0 Å². The van der Waals surface area contributed by atoms with E-state index < -0.39 is 34.8 Å². The van der Waals surface area contributed by atoms with Gasteiger partial charge in [0.05, 0.1) is 13.2 Å². The van der Waals surface area contributed by atoms with Gasteiger partial charge in [-0.25, -0.2) is 8.78 Å². The summed E-state index contributed by atoms with van der Waals surface area (Å²) >= 11 is 0. The summed E-state index contributed by atoms with van der Waals surface area (Å²) in [6.45, 7) is 9.20. The van der Waals surface area contributed by atoms with Crippen LogP contribution in [0.3, 0.4) is 0 Å². The molecule has 36 heavy (non-hydrogen) atoms. The van der Waals surface area contributed by atoms with E-state index in [1.807, 2.05) is 6.92 Å². The molecule has 0 aliphatic heterocycles. The standard InChI is InChI=1S/C29H32F4O3/c1-4-5-16-35-18(2)26(30)27(31)19(3)36-17-20-6-8-21(9-7-20)24-14-15-25(29(33)28(24)32)22-10-12-23(34)13-11-22/h10-15,20-21,34H,2-9,16-17H2,1H3/b27-26-. The second-order valence-electron chi connectivity index (χ2n) is 9.08. The summed E-state index contributed by atoms with van der Waals surface area (Å²) in [5.41, 5.74) is 0.944. The first-order chi connectivity index (χ1) is 17.2. The van der Waals surface area contributed by atoms with Gasteiger partial charge in [-0.3, -0.25) is 0 Å². The molecule has 0 heterocycles. The molecule has 0 bridgehead atoms. The molecule has 1 aliphatic carbocycles. The Morgan fingerprint density at radius 2 is 1.50 bits per heavy atom. The third-order valence-electron chi connectivity index (χ3n) is 6.53. The van der Waals surface area contributed by atoms with Crippen molar-refractivity contribution in [2.45, 2.75) is 51.4 Å². The Balaban J connectivity index is 1.54. The molecule has 0 amide bonds. The Bertz CT molecular complexity index is 1100. The number of benzene rings is 2. The van der Waals surface area contributed by atoms with Crippen molar-refractivity contribution in [1.29, 1.82) is 0 Å². The molecule has 0 spiro atoms. The number of phenols is 1. The highest BCUT2D eigenvalue weighted by Crippen LogP contribution is 2.39. The second-order valence-corrected chi connectivity index (χ2v) is 9.08. The maximum Gasteiger partial charge on any atom is 0.203 e. The average molecular weight is 505 g/mol. The second kappa shape index (κ2) is 12.7. The van der Waals surface area contributed by atoms with Crippen molar-refractivity contribution in [3.05, 3.63) is 89.9 Å². The zero-order valence-corrected chi connectivity index (χ0v) is 20.5. The molecule has 0 atom stereocenters. The lowest BCUT2D eigenvalue weighted by Gasteiger charge is -2.29. The van der Waals surface area contributed by atoms with Gasteiger partial charge in [0.1, 0.15) is 5.75 Å². The predicted molar refractivity (Wildman–Crippen MR) is 132 cm³/mol. The van der Waals surface area contributed by atoms with E-state index in [9.17, 15) is 22.7 Å². The Kier molecular flexibility index (Phi) is 9.62. The molecule has 194 valence electrons. The number of phenolic OH excluding ortho intramolecular Hbond substituents is 1. The van der Waals surface area contributed by atoms with Crippen LogP contribution in [0.15, 0.2) is 72.7 Å². The maximum atomic E-state index is 14.9. The minimum atomic E-state index is -1.24. The van der Waals surface area contributed by atoms with Crippen LogP contribution in [0.5, 0.6) is 5.75 Å². The normalized spacial score (nSPS) is 18.4. The molecular formula is C29H32F4O3. The van der Waals surface area contributed by atoms with Crippen molar-refractivity contribution in [1.82, 2.24) is 0 Å². The fourth-order valence-corrected chi connectivity index (χ4v) is 4.31. The minimum absolute atomic E-state index is 0.0475. The zero-order valence-electron chi connectivity index (χ0n) is 20.5. The number of unbranched alkanes of at least 4 members (excludes halogenated alkanes) is 1. The highest BCUT2D eigenvalue weighted by atomic mass is 19.2. The van der Waals surface area contributed by atoms with E-state index in [4.69, 9.17) is 9.47 Å². The van der Waals surface area contributed by atoms with Crippen LogP contribution in [0.2, 0.25) is 0 Å². The first kappa shape index (κ1) is 27.4. The van der Waals surface area contributed by atoms with Crippen molar-refractivity contribution in [3.63, 3.8) is 0 Å². The van der Waals surface area contributed by atoms with Gasteiger partial charge in [-0.15, -0.1) is 0 Å². The van der Waals surface area contributed by atoms with Crippen molar-refractivity contribution in [2.75, 3.05) is 13.2 Å². The lowest BCUT2D eigenvalue weighted by Crippen LogP contribution is -2.19. The first-order valence-corrected chi connectivity index (χ1v) is 12.2. The molecule has 0 radical (unpaired) electrons. The lowest BCUT2D eigenvalue weighted by atomic mass is 9.78. The summed E-state index contributed by atoms with van der Waals surface area (Å²) in [4.78, 5) is 0. The van der Waals surface area contributed by atoms with Crippen molar-refractivity contribution in [2.24, 2.45) is 5.92 Å². The van der Waals surface area contributed by atoms with Gasteiger partial charge in [0, 0.05) is 5.56 Å². The van der Waals surface area contributed by atoms with E-state index >= 15 is 0 Å². The fraction of sp³-hybridized carbons (Fsp3) is 0.379. The summed E-state index contributed by atoms with van der Waals surface area (Å²) in [5, 5.41) is 9.41. The fourth-order valence-electron chi connectivity index (χ4n) is 4.31. The van der Waals surface area contributed by atoms with Gasteiger partial charge in [-0.1, -0.05) is 50.8 Å². The van der Waals surface area contributed by atoms with Crippen LogP contribution in [0, 0.1) is 17.6 Å². The van der Waals surface area contributed by atoms with Gasteiger partial charge >= 0.3 is 0 Å². The van der Waals surface area contributed by atoms with Gasteiger partial charge in [0.2, 0.25) is 11.7 Å². The maximum absolute atomic E-state index is 14.9. The topological polar surface area (TPSA) is 38.7 Å². The van der Waals surface area contributed by atoms with E-state index in [1.54, 1.807) is 12.1 Å². The van der Waals surface area contributed by atoms with Crippen LogP contribution in [-0.2, 0) is 9.47 Å². The number of halogens is 4. The molecule has 0 aromatic heterocycles. The molecule has 3 rings (SSSR count). The molecule has 0 saturated heterocycles. The van der Waals surface area contributed by atoms with Gasteiger partial charge in [-0.05, 0) is 67.2 Å². The summed E-state index contributed by atoms with van der Waals surface area (Å²) in [6, 6.07) is 9.08. The number of allylic oxidation sites excluding steroid dienone is 2. The zero-order chi connectivity index (χ0) is 26.2. The Hall–Kier alpha value is -3.22. The third kappa shape index (κ3) is 6.71. The molecular weight excluding hydrogens is 472 g/mol. The van der Waals surface area contributed by atoms with Crippen molar-refractivity contribution < 1.29 is 32.1 Å². The predicted octanol–water partition coefficient (Wildman–Crippen LogP) is 8.62. The van der Waals surface area contributed by atoms with Crippen LogP contribution in [0.4, 0.5) is 17.6 Å². The average Bonchev–Trinajstić information content (AvgIpc) is 2.89. The molecule has 1 saturated carbocycles. The van der Waals surface area contributed by atoms with E-state index in [0.29, 0.717) is 43.2 Å². The van der Waals surface area contributed by atoms with E-state index in [-0.39, 0.29) is 36.4 Å². The van der Waals surface area contributed by atoms with Gasteiger partial charge in [-0.2, -0.15) is 8.78 Å². The molecule has 3 nitrogen and oxygen atoms in total. The van der Waals surface area contributed by atoms with Crippen LogP contribution in [-0.4, -0.2) is 18.3 Å². The SMILES string of the molecule is C=C(OCCCC)/C(F)=C(/F)C(=C)OCC1CCC(c2ccc(-c3ccc(O)cc3)c(F)c2F)CC1. The van der Waals surface area contributed by atoms with Crippen molar-refractivity contribution in [3.8, 4) is 16.9 Å². The molecule has 0 unspecified atom stereocenters. The lowest BCUT2D eigenvalue weighted by molar-refractivity contribution is 0.134. The molecule has 2 aromatic rings. The number of hydrogen-bond donors (Lipinski definition) is 1. The minimum Gasteiger partial charge on any atom is -0.508 e.